The second-order valence-corrected chi connectivity index (χ2v) is 7.27. The van der Waals surface area contributed by atoms with Gasteiger partial charge in [0.15, 0.2) is 0 Å². The SMILES string of the molecule is CCC[C@@H](C)N1CC2(CCN(C(=O)c3cc(F)cc(F)c3)CC2)OC1=O. The van der Waals surface area contributed by atoms with E-state index in [0.717, 1.165) is 31.0 Å². The van der Waals surface area contributed by atoms with Crippen molar-refractivity contribution < 1.29 is 23.1 Å². The Bertz CT molecular complexity index is 682. The number of ether oxygens (including phenoxy) is 1. The van der Waals surface area contributed by atoms with Crippen LogP contribution in [0.4, 0.5) is 13.6 Å². The molecule has 1 aromatic rings. The summed E-state index contributed by atoms with van der Waals surface area (Å²) < 4.78 is 32.4. The highest BCUT2D eigenvalue weighted by atomic mass is 19.1. The average molecular weight is 366 g/mol. The van der Waals surface area contributed by atoms with Crippen LogP contribution in [0, 0.1) is 11.6 Å². The van der Waals surface area contributed by atoms with E-state index < -0.39 is 23.1 Å². The summed E-state index contributed by atoms with van der Waals surface area (Å²) in [6.45, 7) is 5.40. The minimum absolute atomic E-state index is 0.0000567. The molecule has 0 aromatic heterocycles. The van der Waals surface area contributed by atoms with E-state index in [1.165, 1.54) is 0 Å². The predicted molar refractivity (Wildman–Crippen MR) is 91.8 cm³/mol. The first kappa shape index (κ1) is 18.6. The lowest BCUT2D eigenvalue weighted by atomic mass is 9.90. The van der Waals surface area contributed by atoms with Crippen molar-refractivity contribution in [2.24, 2.45) is 0 Å². The van der Waals surface area contributed by atoms with Crippen molar-refractivity contribution in [1.29, 1.82) is 0 Å². The normalized spacial score (nSPS) is 20.4. The Morgan fingerprint density at radius 3 is 2.42 bits per heavy atom. The van der Waals surface area contributed by atoms with Gasteiger partial charge in [-0.2, -0.15) is 0 Å². The maximum absolute atomic E-state index is 13.3. The molecule has 7 heteroatoms. The highest BCUT2D eigenvalue weighted by molar-refractivity contribution is 5.94. The van der Waals surface area contributed by atoms with Crippen LogP contribution in [0.2, 0.25) is 0 Å². The number of rotatable bonds is 4. The number of nitrogens with zero attached hydrogens (tertiary/aromatic N) is 2. The van der Waals surface area contributed by atoms with E-state index >= 15 is 0 Å². The molecular formula is C19H24F2N2O3. The van der Waals surface area contributed by atoms with E-state index in [0.29, 0.717) is 32.5 Å². The smallest absolute Gasteiger partial charge is 0.410 e. The monoisotopic (exact) mass is 366 g/mol. The molecule has 1 spiro atoms. The molecule has 1 aromatic carbocycles. The summed E-state index contributed by atoms with van der Waals surface area (Å²) in [6.07, 6.45) is 2.67. The van der Waals surface area contributed by atoms with Crippen molar-refractivity contribution in [3.05, 3.63) is 35.4 Å². The van der Waals surface area contributed by atoms with Crippen LogP contribution < -0.4 is 0 Å². The van der Waals surface area contributed by atoms with Crippen LogP contribution in [-0.4, -0.2) is 53.1 Å². The molecule has 0 bridgehead atoms. The fraction of sp³-hybridized carbons (Fsp3) is 0.579. The van der Waals surface area contributed by atoms with Gasteiger partial charge in [0.25, 0.3) is 5.91 Å². The van der Waals surface area contributed by atoms with Gasteiger partial charge >= 0.3 is 6.09 Å². The predicted octanol–water partition coefficient (Wildman–Crippen LogP) is 3.58. The van der Waals surface area contributed by atoms with Gasteiger partial charge in [-0.1, -0.05) is 13.3 Å². The van der Waals surface area contributed by atoms with Gasteiger partial charge in [-0.05, 0) is 25.5 Å². The van der Waals surface area contributed by atoms with Gasteiger partial charge in [0.2, 0.25) is 0 Å². The highest BCUT2D eigenvalue weighted by Crippen LogP contribution is 2.35. The van der Waals surface area contributed by atoms with E-state index in [1.807, 2.05) is 6.92 Å². The summed E-state index contributed by atoms with van der Waals surface area (Å²) >= 11 is 0. The number of hydrogen-bond acceptors (Lipinski definition) is 3. The minimum atomic E-state index is -0.771. The van der Waals surface area contributed by atoms with Crippen LogP contribution in [0.3, 0.4) is 0 Å². The lowest BCUT2D eigenvalue weighted by Crippen LogP contribution is -2.49. The third-order valence-corrected chi connectivity index (χ3v) is 5.31. The lowest BCUT2D eigenvalue weighted by molar-refractivity contribution is 0.00303. The summed E-state index contributed by atoms with van der Waals surface area (Å²) in [5.41, 5.74) is -0.566. The zero-order valence-electron chi connectivity index (χ0n) is 15.1. The molecule has 0 N–H and O–H groups in total. The molecule has 26 heavy (non-hydrogen) atoms. The number of hydrogen-bond donors (Lipinski definition) is 0. The molecule has 0 saturated carbocycles. The summed E-state index contributed by atoms with van der Waals surface area (Å²) in [5, 5.41) is 0. The molecule has 0 aliphatic carbocycles. The number of piperidine rings is 1. The van der Waals surface area contributed by atoms with Crippen LogP contribution in [0.15, 0.2) is 18.2 Å². The van der Waals surface area contributed by atoms with E-state index in [-0.39, 0.29) is 17.7 Å². The first-order chi connectivity index (χ1) is 12.3. The molecule has 2 heterocycles. The molecule has 1 atom stereocenters. The molecule has 3 rings (SSSR count). The Balaban J connectivity index is 1.64. The van der Waals surface area contributed by atoms with Crippen molar-refractivity contribution in [2.45, 2.75) is 51.2 Å². The molecule has 2 amide bonds. The third-order valence-electron chi connectivity index (χ3n) is 5.31. The van der Waals surface area contributed by atoms with Crippen LogP contribution in [0.1, 0.15) is 49.9 Å². The minimum Gasteiger partial charge on any atom is -0.441 e. The summed E-state index contributed by atoms with van der Waals surface area (Å²) in [4.78, 5) is 28.0. The van der Waals surface area contributed by atoms with Gasteiger partial charge < -0.3 is 14.5 Å². The number of amides is 2. The van der Waals surface area contributed by atoms with Gasteiger partial charge in [0, 0.05) is 43.6 Å². The van der Waals surface area contributed by atoms with Crippen molar-refractivity contribution in [1.82, 2.24) is 9.80 Å². The highest BCUT2D eigenvalue weighted by Gasteiger charge is 2.48. The van der Waals surface area contributed by atoms with Crippen molar-refractivity contribution in [3.8, 4) is 0 Å². The van der Waals surface area contributed by atoms with Gasteiger partial charge in [-0.3, -0.25) is 4.79 Å². The molecule has 0 unspecified atom stereocenters. The Kier molecular flexibility index (Phi) is 5.16. The largest absolute Gasteiger partial charge is 0.441 e. The van der Waals surface area contributed by atoms with Crippen molar-refractivity contribution in [2.75, 3.05) is 19.6 Å². The van der Waals surface area contributed by atoms with E-state index in [9.17, 15) is 18.4 Å². The Morgan fingerprint density at radius 1 is 1.23 bits per heavy atom. The Hall–Kier alpha value is -2.18. The van der Waals surface area contributed by atoms with Gasteiger partial charge in [-0.15, -0.1) is 0 Å². The fourth-order valence-electron chi connectivity index (χ4n) is 3.80. The molecule has 142 valence electrons. The Labute approximate surface area is 151 Å². The molecule has 0 radical (unpaired) electrons. The summed E-state index contributed by atoms with van der Waals surface area (Å²) in [6, 6.07) is 2.95. The van der Waals surface area contributed by atoms with Gasteiger partial charge in [0.05, 0.1) is 6.54 Å². The van der Waals surface area contributed by atoms with Crippen molar-refractivity contribution in [3.63, 3.8) is 0 Å². The topological polar surface area (TPSA) is 49.9 Å². The molecule has 2 saturated heterocycles. The first-order valence-electron chi connectivity index (χ1n) is 9.08. The molecule has 5 nitrogen and oxygen atoms in total. The van der Waals surface area contributed by atoms with Crippen LogP contribution in [0.25, 0.3) is 0 Å². The second kappa shape index (κ2) is 7.21. The molecule has 2 aliphatic heterocycles. The quantitative estimate of drug-likeness (QED) is 0.818. The summed E-state index contributed by atoms with van der Waals surface area (Å²) in [5.74, 6) is -1.95. The van der Waals surface area contributed by atoms with Crippen LogP contribution >= 0.6 is 0 Å². The van der Waals surface area contributed by atoms with Crippen LogP contribution in [0.5, 0.6) is 0 Å². The number of carbonyl (C=O) groups is 2. The number of carbonyl (C=O) groups excluding carboxylic acids is 2. The number of likely N-dealkylation sites (tertiary alicyclic amines) is 1. The van der Waals surface area contributed by atoms with E-state index in [2.05, 4.69) is 6.92 Å². The lowest BCUT2D eigenvalue weighted by Gasteiger charge is -2.37. The fourth-order valence-corrected chi connectivity index (χ4v) is 3.80. The van der Waals surface area contributed by atoms with Gasteiger partial charge in [0.1, 0.15) is 17.2 Å². The molecular weight excluding hydrogens is 342 g/mol. The Morgan fingerprint density at radius 2 is 1.85 bits per heavy atom. The van der Waals surface area contributed by atoms with E-state index in [4.69, 9.17) is 4.74 Å². The second-order valence-electron chi connectivity index (χ2n) is 7.27. The first-order valence-corrected chi connectivity index (χ1v) is 9.08. The summed E-state index contributed by atoms with van der Waals surface area (Å²) in [7, 11) is 0. The zero-order chi connectivity index (χ0) is 18.9. The van der Waals surface area contributed by atoms with Crippen LogP contribution in [-0.2, 0) is 4.74 Å². The maximum Gasteiger partial charge on any atom is 0.410 e. The number of benzene rings is 1. The standard InChI is InChI=1S/C19H24F2N2O3/c1-3-4-13(2)23-12-19(26-18(23)25)5-7-22(8-6-19)17(24)14-9-15(20)11-16(21)10-14/h9-11,13H,3-8,12H2,1-2H3/t13-/m1/s1. The number of halogens is 2. The third kappa shape index (κ3) is 3.66. The molecule has 2 fully saturated rings. The average Bonchev–Trinajstić information content (AvgIpc) is 2.90. The molecule has 2 aliphatic rings. The maximum atomic E-state index is 13.3. The van der Waals surface area contributed by atoms with Crippen molar-refractivity contribution >= 4 is 12.0 Å². The zero-order valence-corrected chi connectivity index (χ0v) is 15.1. The van der Waals surface area contributed by atoms with E-state index in [1.54, 1.807) is 9.80 Å². The van der Waals surface area contributed by atoms with Gasteiger partial charge in [-0.25, -0.2) is 13.6 Å².